The summed E-state index contributed by atoms with van der Waals surface area (Å²) in [7, 11) is 4.77. The Labute approximate surface area is 252 Å². The van der Waals surface area contributed by atoms with Gasteiger partial charge in [0.25, 0.3) is 5.91 Å². The fourth-order valence-electron chi connectivity index (χ4n) is 5.93. The topological polar surface area (TPSA) is 95.1 Å². The van der Waals surface area contributed by atoms with Gasteiger partial charge in [0.15, 0.2) is 17.3 Å². The van der Waals surface area contributed by atoms with Crippen LogP contribution in [0, 0.1) is 0 Å². The first kappa shape index (κ1) is 29.8. The maximum absolute atomic E-state index is 14.1. The number of carbonyl (C=O) groups is 2. The number of anilines is 1. The molecule has 0 saturated heterocycles. The standard InChI is InChI=1S/C35H38N2O6/c1-6-17-43-25-14-11-22(12-15-25)33-32(35(39)37-26-9-7-8-10-29(26)40-3)21(2)36-27-18-24(19-28(38)34(27)33)23-13-16-30(41-4)31(20-23)42-5/h7-16,20,24,33,36H,6,17-19H2,1-5H3,(H,37,39)/t24-,33-/m0/s1. The summed E-state index contributed by atoms with van der Waals surface area (Å²) >= 11 is 0. The van der Waals surface area contributed by atoms with Crippen LogP contribution in [0.4, 0.5) is 5.69 Å². The molecule has 1 heterocycles. The van der Waals surface area contributed by atoms with Crippen molar-refractivity contribution in [3.05, 3.63) is 100 Å². The Balaban J connectivity index is 1.54. The van der Waals surface area contributed by atoms with Crippen molar-refractivity contribution in [2.24, 2.45) is 0 Å². The summed E-state index contributed by atoms with van der Waals surface area (Å²) in [5, 5.41) is 6.47. The SMILES string of the molecule is CCCOc1ccc([C@H]2C(C(=O)Nc3ccccc3OC)=C(C)NC3=C2C(=O)C[C@@H](c2ccc(OC)c(OC)c2)C3)cc1. The number of para-hydroxylation sites is 2. The van der Waals surface area contributed by atoms with Crippen molar-refractivity contribution < 1.29 is 28.5 Å². The molecule has 1 aliphatic carbocycles. The number of carbonyl (C=O) groups excluding carboxylic acids is 2. The van der Waals surface area contributed by atoms with Gasteiger partial charge < -0.3 is 29.6 Å². The predicted octanol–water partition coefficient (Wildman–Crippen LogP) is 6.50. The van der Waals surface area contributed by atoms with E-state index < -0.39 is 5.92 Å². The maximum Gasteiger partial charge on any atom is 0.254 e. The molecule has 0 aromatic heterocycles. The molecule has 0 radical (unpaired) electrons. The number of Topliss-reactive ketones (excluding diaryl/α,β-unsaturated/α-hetero) is 1. The van der Waals surface area contributed by atoms with Gasteiger partial charge in [-0.15, -0.1) is 0 Å². The van der Waals surface area contributed by atoms with Crippen molar-refractivity contribution >= 4 is 17.4 Å². The first-order valence-corrected chi connectivity index (χ1v) is 14.5. The van der Waals surface area contributed by atoms with Crippen molar-refractivity contribution in [3.63, 3.8) is 0 Å². The molecule has 8 heteroatoms. The minimum atomic E-state index is -0.551. The third-order valence-corrected chi connectivity index (χ3v) is 7.99. The van der Waals surface area contributed by atoms with Gasteiger partial charge in [0.2, 0.25) is 0 Å². The second kappa shape index (κ2) is 13.1. The number of dihydropyridines is 1. The minimum absolute atomic E-state index is 0.0000592. The highest BCUT2D eigenvalue weighted by molar-refractivity contribution is 6.10. The van der Waals surface area contributed by atoms with Crippen LogP contribution in [0.5, 0.6) is 23.0 Å². The average molecular weight is 583 g/mol. The van der Waals surface area contributed by atoms with E-state index in [0.29, 0.717) is 59.2 Å². The number of ether oxygens (including phenoxy) is 4. The van der Waals surface area contributed by atoms with Gasteiger partial charge in [0, 0.05) is 34.9 Å². The zero-order valence-corrected chi connectivity index (χ0v) is 25.3. The van der Waals surface area contributed by atoms with Crippen LogP contribution in [0.25, 0.3) is 0 Å². The number of nitrogens with one attached hydrogen (secondary N) is 2. The molecule has 0 fully saturated rings. The molecular weight excluding hydrogens is 544 g/mol. The van der Waals surface area contributed by atoms with E-state index in [2.05, 4.69) is 17.6 Å². The van der Waals surface area contributed by atoms with Gasteiger partial charge in [0.05, 0.1) is 33.6 Å². The molecule has 3 aromatic carbocycles. The molecule has 3 aromatic rings. The van der Waals surface area contributed by atoms with Gasteiger partial charge in [-0.3, -0.25) is 9.59 Å². The van der Waals surface area contributed by atoms with Crippen LogP contribution in [0.1, 0.15) is 56.1 Å². The second-order valence-corrected chi connectivity index (χ2v) is 10.7. The molecule has 0 unspecified atom stereocenters. The van der Waals surface area contributed by atoms with Crippen LogP contribution >= 0.6 is 0 Å². The van der Waals surface area contributed by atoms with E-state index >= 15 is 0 Å². The summed E-state index contributed by atoms with van der Waals surface area (Å²) in [5.41, 5.74) is 5.04. The van der Waals surface area contributed by atoms with E-state index in [1.54, 1.807) is 33.5 Å². The lowest BCUT2D eigenvalue weighted by Gasteiger charge is -2.37. The zero-order valence-electron chi connectivity index (χ0n) is 25.3. The molecule has 1 amide bonds. The highest BCUT2D eigenvalue weighted by Crippen LogP contribution is 2.47. The number of methoxy groups -OCH3 is 3. The quantitative estimate of drug-likeness (QED) is 0.282. The van der Waals surface area contributed by atoms with Crippen LogP contribution < -0.4 is 29.6 Å². The van der Waals surface area contributed by atoms with Gasteiger partial charge in [-0.2, -0.15) is 0 Å². The second-order valence-electron chi connectivity index (χ2n) is 10.7. The third-order valence-electron chi connectivity index (χ3n) is 7.99. The third kappa shape index (κ3) is 6.09. The molecule has 5 rings (SSSR count). The number of allylic oxidation sites excluding steroid dienone is 3. The van der Waals surface area contributed by atoms with Crippen molar-refractivity contribution in [1.82, 2.24) is 5.32 Å². The molecule has 2 N–H and O–H groups in total. The van der Waals surface area contributed by atoms with Crippen LogP contribution in [-0.2, 0) is 9.59 Å². The van der Waals surface area contributed by atoms with Gasteiger partial charge in [-0.05, 0) is 73.2 Å². The van der Waals surface area contributed by atoms with Crippen molar-refractivity contribution in [1.29, 1.82) is 0 Å². The Morgan fingerprint density at radius 2 is 1.58 bits per heavy atom. The zero-order chi connectivity index (χ0) is 30.5. The molecule has 0 spiro atoms. The number of benzene rings is 3. The molecule has 43 heavy (non-hydrogen) atoms. The Kier molecular flexibility index (Phi) is 9.04. The fourth-order valence-corrected chi connectivity index (χ4v) is 5.93. The van der Waals surface area contributed by atoms with Gasteiger partial charge in [0.1, 0.15) is 11.5 Å². The van der Waals surface area contributed by atoms with Crippen LogP contribution in [0.3, 0.4) is 0 Å². The Bertz CT molecular complexity index is 1570. The molecule has 224 valence electrons. The smallest absolute Gasteiger partial charge is 0.254 e. The summed E-state index contributed by atoms with van der Waals surface area (Å²) in [6.45, 7) is 4.56. The first-order valence-electron chi connectivity index (χ1n) is 14.5. The number of hydrogen-bond acceptors (Lipinski definition) is 7. The summed E-state index contributed by atoms with van der Waals surface area (Å²) in [6, 6.07) is 20.8. The van der Waals surface area contributed by atoms with E-state index in [4.69, 9.17) is 18.9 Å². The number of amides is 1. The summed E-state index contributed by atoms with van der Waals surface area (Å²) in [5.74, 6) is 1.66. The summed E-state index contributed by atoms with van der Waals surface area (Å²) in [4.78, 5) is 28.0. The maximum atomic E-state index is 14.1. The molecule has 2 aliphatic rings. The van der Waals surface area contributed by atoms with Gasteiger partial charge >= 0.3 is 0 Å². The van der Waals surface area contributed by atoms with Crippen molar-refractivity contribution in [2.75, 3.05) is 33.3 Å². The molecule has 0 saturated carbocycles. The molecule has 1 aliphatic heterocycles. The highest BCUT2D eigenvalue weighted by atomic mass is 16.5. The van der Waals surface area contributed by atoms with Crippen LogP contribution in [0.15, 0.2) is 89.3 Å². The number of hydrogen-bond donors (Lipinski definition) is 2. The van der Waals surface area contributed by atoms with Gasteiger partial charge in [-0.1, -0.05) is 37.3 Å². The summed E-state index contributed by atoms with van der Waals surface area (Å²) in [6.07, 6.45) is 1.82. The van der Waals surface area contributed by atoms with E-state index in [9.17, 15) is 9.59 Å². The van der Waals surface area contributed by atoms with Gasteiger partial charge in [-0.25, -0.2) is 0 Å². The average Bonchev–Trinajstić information content (AvgIpc) is 3.03. The monoisotopic (exact) mass is 582 g/mol. The Hall–Kier alpha value is -4.72. The van der Waals surface area contributed by atoms with Crippen LogP contribution in [-0.4, -0.2) is 39.6 Å². The molecule has 2 atom stereocenters. The summed E-state index contributed by atoms with van der Waals surface area (Å²) < 4.78 is 22.2. The lowest BCUT2D eigenvalue weighted by atomic mass is 9.71. The number of ketones is 1. The lowest BCUT2D eigenvalue weighted by Crippen LogP contribution is -2.37. The normalized spacial score (nSPS) is 18.0. The molecular formula is C35H38N2O6. The van der Waals surface area contributed by atoms with E-state index in [-0.39, 0.29) is 17.6 Å². The lowest BCUT2D eigenvalue weighted by molar-refractivity contribution is -0.116. The van der Waals surface area contributed by atoms with E-state index in [1.165, 1.54) is 0 Å². The van der Waals surface area contributed by atoms with Crippen molar-refractivity contribution in [3.8, 4) is 23.0 Å². The van der Waals surface area contributed by atoms with Crippen molar-refractivity contribution in [2.45, 2.75) is 44.9 Å². The van der Waals surface area contributed by atoms with E-state index in [1.807, 2.05) is 61.5 Å². The van der Waals surface area contributed by atoms with Crippen LogP contribution in [0.2, 0.25) is 0 Å². The molecule has 0 bridgehead atoms. The highest BCUT2D eigenvalue weighted by Gasteiger charge is 2.41. The minimum Gasteiger partial charge on any atom is -0.495 e. The Morgan fingerprint density at radius 1 is 0.884 bits per heavy atom. The first-order chi connectivity index (χ1) is 20.9. The van der Waals surface area contributed by atoms with E-state index in [0.717, 1.165) is 29.0 Å². The largest absolute Gasteiger partial charge is 0.495 e. The fraction of sp³-hybridized carbons (Fsp3) is 0.314. The predicted molar refractivity (Wildman–Crippen MR) is 166 cm³/mol. The molecule has 8 nitrogen and oxygen atoms in total. The Morgan fingerprint density at radius 3 is 2.28 bits per heavy atom. The number of rotatable bonds is 10.